The Labute approximate surface area is 271 Å². The van der Waals surface area contributed by atoms with Crippen LogP contribution in [-0.4, -0.2) is 53.2 Å². The van der Waals surface area contributed by atoms with Gasteiger partial charge in [-0.1, -0.05) is 53.5 Å². The molecule has 0 unspecified atom stereocenters. The molecule has 2 amide bonds. The molecule has 1 fully saturated rings. The molecule has 3 aromatic carbocycles. The van der Waals surface area contributed by atoms with Crippen molar-refractivity contribution in [3.8, 4) is 11.1 Å². The van der Waals surface area contributed by atoms with Gasteiger partial charge in [-0.3, -0.25) is 9.59 Å². The zero-order valence-electron chi connectivity index (χ0n) is 25.6. The molecular weight excluding hydrogens is 618 g/mol. The van der Waals surface area contributed by atoms with Gasteiger partial charge in [0.25, 0.3) is 5.91 Å². The summed E-state index contributed by atoms with van der Waals surface area (Å²) in [6.45, 7) is 9.47. The number of aryl methyl sites for hydroxylation is 1. The van der Waals surface area contributed by atoms with Crippen LogP contribution in [0.25, 0.3) is 22.0 Å². The summed E-state index contributed by atoms with van der Waals surface area (Å²) in [5.41, 5.74) is 2.01. The van der Waals surface area contributed by atoms with Gasteiger partial charge in [0.1, 0.15) is 17.0 Å². The van der Waals surface area contributed by atoms with Gasteiger partial charge in [-0.15, -0.1) is 0 Å². The molecule has 45 heavy (non-hydrogen) atoms. The largest absolute Gasteiger partial charge is 0.444 e. The first-order valence-electron chi connectivity index (χ1n) is 14.8. The van der Waals surface area contributed by atoms with Crippen LogP contribution < -0.4 is 15.6 Å². The third-order valence-corrected chi connectivity index (χ3v) is 8.23. The number of hydrogen-bond donors (Lipinski definition) is 1. The van der Waals surface area contributed by atoms with E-state index in [4.69, 9.17) is 27.9 Å². The molecule has 1 aliphatic rings. The van der Waals surface area contributed by atoms with Gasteiger partial charge in [-0.05, 0) is 63.1 Å². The van der Waals surface area contributed by atoms with E-state index in [0.717, 1.165) is 16.7 Å². The topological polar surface area (TPSA) is 83.9 Å². The van der Waals surface area contributed by atoms with Crippen molar-refractivity contribution >= 4 is 51.8 Å². The molecule has 2 heterocycles. The smallest absolute Gasteiger partial charge is 0.410 e. The number of pyridine rings is 1. The van der Waals surface area contributed by atoms with Gasteiger partial charge in [0.15, 0.2) is 0 Å². The van der Waals surface area contributed by atoms with Crippen LogP contribution in [0, 0.1) is 5.82 Å². The van der Waals surface area contributed by atoms with Gasteiger partial charge in [0, 0.05) is 66.5 Å². The number of fused-ring (bicyclic) bond motifs is 1. The molecule has 0 spiro atoms. The van der Waals surface area contributed by atoms with Crippen molar-refractivity contribution in [2.75, 3.05) is 31.1 Å². The first-order valence-corrected chi connectivity index (χ1v) is 15.5. The van der Waals surface area contributed by atoms with Gasteiger partial charge < -0.3 is 24.4 Å². The van der Waals surface area contributed by atoms with E-state index in [9.17, 15) is 14.4 Å². The van der Waals surface area contributed by atoms with E-state index in [1.54, 1.807) is 27.7 Å². The summed E-state index contributed by atoms with van der Waals surface area (Å²) in [5, 5.41) is 3.96. The highest BCUT2D eigenvalue weighted by Gasteiger charge is 2.28. The third-order valence-electron chi connectivity index (χ3n) is 7.68. The maximum Gasteiger partial charge on any atom is 0.410 e. The molecule has 1 saturated heterocycles. The number of amides is 2. The average Bonchev–Trinajstić information content (AvgIpc) is 2.99. The van der Waals surface area contributed by atoms with Crippen LogP contribution in [0.4, 0.5) is 14.9 Å². The Morgan fingerprint density at radius 2 is 1.69 bits per heavy atom. The quantitative estimate of drug-likeness (QED) is 0.240. The van der Waals surface area contributed by atoms with E-state index in [1.807, 2.05) is 62.9 Å². The molecule has 11 heteroatoms. The second-order valence-electron chi connectivity index (χ2n) is 11.9. The van der Waals surface area contributed by atoms with Crippen molar-refractivity contribution < 1.29 is 18.7 Å². The number of anilines is 1. The number of nitrogens with one attached hydrogen (secondary N) is 1. The van der Waals surface area contributed by atoms with Gasteiger partial charge >= 0.3 is 6.09 Å². The first kappa shape index (κ1) is 32.3. The van der Waals surface area contributed by atoms with Crippen molar-refractivity contribution in [3.05, 3.63) is 98.0 Å². The Kier molecular flexibility index (Phi) is 9.41. The number of aromatic nitrogens is 1. The normalized spacial score (nSPS) is 13.7. The van der Waals surface area contributed by atoms with E-state index < -0.39 is 28.8 Å². The zero-order valence-corrected chi connectivity index (χ0v) is 27.1. The Hall–Kier alpha value is -4.08. The minimum atomic E-state index is -0.603. The highest BCUT2D eigenvalue weighted by Crippen LogP contribution is 2.33. The summed E-state index contributed by atoms with van der Waals surface area (Å²) < 4.78 is 22.8. The van der Waals surface area contributed by atoms with Crippen LogP contribution in [0.5, 0.6) is 0 Å². The molecule has 0 aliphatic carbocycles. The first-order chi connectivity index (χ1) is 21.4. The molecule has 236 valence electrons. The minimum absolute atomic E-state index is 0.0792. The van der Waals surface area contributed by atoms with Crippen LogP contribution in [-0.2, 0) is 17.8 Å². The summed E-state index contributed by atoms with van der Waals surface area (Å²) in [7, 11) is 0. The molecule has 0 bridgehead atoms. The summed E-state index contributed by atoms with van der Waals surface area (Å²) in [6.07, 6.45) is 1.12. The summed E-state index contributed by atoms with van der Waals surface area (Å²) >= 11 is 12.5. The molecule has 1 aliphatic heterocycles. The van der Waals surface area contributed by atoms with Crippen LogP contribution >= 0.6 is 23.2 Å². The molecule has 4 aromatic rings. The number of benzene rings is 3. The minimum Gasteiger partial charge on any atom is -0.444 e. The van der Waals surface area contributed by atoms with E-state index >= 15 is 4.39 Å². The van der Waals surface area contributed by atoms with Gasteiger partial charge in [0.2, 0.25) is 5.43 Å². The predicted molar refractivity (Wildman–Crippen MR) is 177 cm³/mol. The maximum atomic E-state index is 15.5. The van der Waals surface area contributed by atoms with Crippen molar-refractivity contribution in [2.45, 2.75) is 46.4 Å². The zero-order chi connectivity index (χ0) is 32.5. The van der Waals surface area contributed by atoms with Crippen molar-refractivity contribution in [1.82, 2.24) is 14.8 Å². The van der Waals surface area contributed by atoms with Crippen molar-refractivity contribution in [3.63, 3.8) is 0 Å². The Morgan fingerprint density at radius 1 is 0.978 bits per heavy atom. The van der Waals surface area contributed by atoms with Crippen molar-refractivity contribution in [1.29, 1.82) is 0 Å². The van der Waals surface area contributed by atoms with Crippen LogP contribution in [0.2, 0.25) is 10.0 Å². The number of halogens is 3. The SMILES string of the molecule is CCn1cc(C(=O)NCc2ccccc2-c2ccc(Cl)cc2Cl)c(=O)c2cc(F)c(N3CCN(C(=O)OC(C)(C)C)CC3)cc21. The van der Waals surface area contributed by atoms with E-state index in [0.29, 0.717) is 54.0 Å². The fourth-order valence-electron chi connectivity index (χ4n) is 5.44. The fourth-order valence-corrected chi connectivity index (χ4v) is 5.95. The number of rotatable bonds is 6. The van der Waals surface area contributed by atoms with Gasteiger partial charge in [0.05, 0.1) is 11.2 Å². The van der Waals surface area contributed by atoms with Gasteiger partial charge in [-0.2, -0.15) is 0 Å². The third kappa shape index (κ3) is 7.10. The van der Waals surface area contributed by atoms with Crippen LogP contribution in [0.3, 0.4) is 0 Å². The summed E-state index contributed by atoms with van der Waals surface area (Å²) in [6, 6.07) is 15.6. The monoisotopic (exact) mass is 652 g/mol. The highest BCUT2D eigenvalue weighted by molar-refractivity contribution is 6.36. The number of piperazine rings is 1. The Balaban J connectivity index is 1.37. The molecule has 0 radical (unpaired) electrons. The second-order valence-corrected chi connectivity index (χ2v) is 12.7. The Morgan fingerprint density at radius 3 is 2.36 bits per heavy atom. The number of ether oxygens (including phenoxy) is 1. The highest BCUT2D eigenvalue weighted by atomic mass is 35.5. The predicted octanol–water partition coefficient (Wildman–Crippen LogP) is 7.12. The molecule has 1 aromatic heterocycles. The van der Waals surface area contributed by atoms with Gasteiger partial charge in [-0.25, -0.2) is 9.18 Å². The lowest BCUT2D eigenvalue weighted by Crippen LogP contribution is -2.50. The van der Waals surface area contributed by atoms with Crippen LogP contribution in [0.15, 0.2) is 65.6 Å². The second kappa shape index (κ2) is 13.1. The summed E-state index contributed by atoms with van der Waals surface area (Å²) in [5.74, 6) is -1.14. The lowest BCUT2D eigenvalue weighted by atomic mass is 9.99. The molecular formula is C34H35Cl2FN4O4. The van der Waals surface area contributed by atoms with Crippen molar-refractivity contribution in [2.24, 2.45) is 0 Å². The maximum absolute atomic E-state index is 15.5. The molecule has 8 nitrogen and oxygen atoms in total. The Bertz CT molecular complexity index is 1830. The lowest BCUT2D eigenvalue weighted by molar-refractivity contribution is 0.0240. The van der Waals surface area contributed by atoms with Crippen LogP contribution in [0.1, 0.15) is 43.6 Å². The fraction of sp³-hybridized carbons (Fsp3) is 0.324. The number of nitrogens with zero attached hydrogens (tertiary/aromatic N) is 3. The molecule has 5 rings (SSSR count). The van der Waals surface area contributed by atoms with E-state index in [-0.39, 0.29) is 17.5 Å². The average molecular weight is 654 g/mol. The van der Waals surface area contributed by atoms with E-state index in [1.165, 1.54) is 12.3 Å². The summed E-state index contributed by atoms with van der Waals surface area (Å²) in [4.78, 5) is 42.8. The standard InChI is InChI=1S/C34H35Cl2FN4O4/c1-5-39-20-26(32(43)38-19-21-8-6-7-9-23(21)24-11-10-22(35)16-27(24)36)31(42)25-17-28(37)30(18-29(25)39)40-12-14-41(15-13-40)33(44)45-34(2,3)4/h6-11,16-18,20H,5,12-15,19H2,1-4H3,(H,38,43). The number of hydrogen-bond acceptors (Lipinski definition) is 5. The number of carbonyl (C=O) groups excluding carboxylic acids is 2. The molecule has 1 N–H and O–H groups in total. The molecule has 0 saturated carbocycles. The lowest BCUT2D eigenvalue weighted by Gasteiger charge is -2.37. The van der Waals surface area contributed by atoms with E-state index in [2.05, 4.69) is 5.32 Å². The molecule has 0 atom stereocenters. The number of carbonyl (C=O) groups is 2.